The molecule has 2 rings (SSSR count). The van der Waals surface area contributed by atoms with Gasteiger partial charge in [-0.15, -0.1) is 0 Å². The second kappa shape index (κ2) is 6.23. The molecular formula is C16H12N4O. The lowest BCUT2D eigenvalue weighted by Crippen LogP contribution is -2.20. The molecule has 5 nitrogen and oxygen atoms in total. The molecule has 2 aromatic rings. The van der Waals surface area contributed by atoms with Crippen LogP contribution >= 0.6 is 0 Å². The minimum Gasteiger partial charge on any atom is -0.308 e. The summed E-state index contributed by atoms with van der Waals surface area (Å²) >= 11 is 0. The summed E-state index contributed by atoms with van der Waals surface area (Å²) < 4.78 is 0. The molecule has 0 bridgehead atoms. The van der Waals surface area contributed by atoms with Gasteiger partial charge in [-0.3, -0.25) is 0 Å². The van der Waals surface area contributed by atoms with E-state index in [-0.39, 0.29) is 0 Å². The number of hydrogen-bond donors (Lipinski definition) is 2. The zero-order chi connectivity index (χ0) is 15.2. The van der Waals surface area contributed by atoms with E-state index in [0.717, 1.165) is 5.56 Å². The summed E-state index contributed by atoms with van der Waals surface area (Å²) in [6.07, 6.45) is 0. The molecule has 2 aromatic carbocycles. The molecule has 5 heteroatoms. The minimum atomic E-state index is -0.466. The fourth-order valence-electron chi connectivity index (χ4n) is 1.87. The molecule has 0 radical (unpaired) electrons. The number of aryl methyl sites for hydroxylation is 1. The van der Waals surface area contributed by atoms with Gasteiger partial charge < -0.3 is 10.6 Å². The molecule has 0 aliphatic heterocycles. The highest BCUT2D eigenvalue weighted by Gasteiger charge is 2.08. The van der Waals surface area contributed by atoms with Crippen LogP contribution in [0.5, 0.6) is 0 Å². The molecule has 0 aliphatic carbocycles. The van der Waals surface area contributed by atoms with Gasteiger partial charge in [-0.2, -0.15) is 10.5 Å². The van der Waals surface area contributed by atoms with E-state index < -0.39 is 6.03 Å². The quantitative estimate of drug-likeness (QED) is 0.881. The number of nitriles is 2. The maximum absolute atomic E-state index is 11.9. The highest BCUT2D eigenvalue weighted by molar-refractivity contribution is 6.00. The molecule has 0 aromatic heterocycles. The molecule has 0 heterocycles. The summed E-state index contributed by atoms with van der Waals surface area (Å²) in [5.41, 5.74) is 2.64. The van der Waals surface area contributed by atoms with Gasteiger partial charge in [0, 0.05) is 5.69 Å². The van der Waals surface area contributed by atoms with Crippen LogP contribution in [0.4, 0.5) is 16.2 Å². The summed E-state index contributed by atoms with van der Waals surface area (Å²) in [5, 5.41) is 23.2. The first-order valence-corrected chi connectivity index (χ1v) is 6.22. The topological polar surface area (TPSA) is 88.7 Å². The van der Waals surface area contributed by atoms with Gasteiger partial charge in [-0.25, -0.2) is 4.79 Å². The Morgan fingerprint density at radius 2 is 1.81 bits per heavy atom. The van der Waals surface area contributed by atoms with Crippen LogP contribution in [0.25, 0.3) is 0 Å². The van der Waals surface area contributed by atoms with Crippen LogP contribution in [0.2, 0.25) is 0 Å². The second-order valence-corrected chi connectivity index (χ2v) is 4.38. The van der Waals surface area contributed by atoms with Crippen molar-refractivity contribution in [3.8, 4) is 12.1 Å². The molecule has 0 fully saturated rings. The number of benzene rings is 2. The van der Waals surface area contributed by atoms with Crippen LogP contribution in [-0.2, 0) is 0 Å². The Labute approximate surface area is 122 Å². The Morgan fingerprint density at radius 1 is 1.05 bits per heavy atom. The van der Waals surface area contributed by atoms with Crippen molar-refractivity contribution < 1.29 is 4.79 Å². The number of hydrogen-bond acceptors (Lipinski definition) is 3. The summed E-state index contributed by atoms with van der Waals surface area (Å²) in [7, 11) is 0. The predicted octanol–water partition coefficient (Wildman–Crippen LogP) is 3.38. The first-order valence-electron chi connectivity index (χ1n) is 6.22. The van der Waals surface area contributed by atoms with Crippen LogP contribution in [0.15, 0.2) is 42.5 Å². The Bertz CT molecular complexity index is 769. The van der Waals surface area contributed by atoms with Crippen LogP contribution in [0, 0.1) is 29.6 Å². The summed E-state index contributed by atoms with van der Waals surface area (Å²) in [6, 6.07) is 15.4. The van der Waals surface area contributed by atoms with Crippen molar-refractivity contribution in [3.05, 3.63) is 59.2 Å². The Morgan fingerprint density at radius 3 is 2.52 bits per heavy atom. The number of anilines is 2. The van der Waals surface area contributed by atoms with E-state index in [0.29, 0.717) is 22.5 Å². The van der Waals surface area contributed by atoms with E-state index in [9.17, 15) is 4.79 Å². The standard InChI is InChI=1S/C16H12N4O/c1-11-4-2-7-15(14(11)10-18)20-16(21)19-13-6-3-5-12(8-13)9-17/h2-8H,1H3,(H2,19,20,21). The van der Waals surface area contributed by atoms with Gasteiger partial charge in [-0.1, -0.05) is 18.2 Å². The highest BCUT2D eigenvalue weighted by Crippen LogP contribution is 2.19. The summed E-state index contributed by atoms with van der Waals surface area (Å²) in [6.45, 7) is 1.80. The van der Waals surface area contributed by atoms with Crippen molar-refractivity contribution in [2.24, 2.45) is 0 Å². The van der Waals surface area contributed by atoms with E-state index in [1.54, 1.807) is 49.4 Å². The molecule has 102 valence electrons. The molecule has 2 amide bonds. The number of urea groups is 1. The zero-order valence-electron chi connectivity index (χ0n) is 11.3. The van der Waals surface area contributed by atoms with E-state index in [1.165, 1.54) is 0 Å². The second-order valence-electron chi connectivity index (χ2n) is 4.38. The lowest BCUT2D eigenvalue weighted by Gasteiger charge is -2.10. The molecular weight excluding hydrogens is 264 g/mol. The van der Waals surface area contributed by atoms with Crippen molar-refractivity contribution in [2.75, 3.05) is 10.6 Å². The monoisotopic (exact) mass is 276 g/mol. The van der Waals surface area contributed by atoms with Gasteiger partial charge in [0.05, 0.1) is 22.9 Å². The molecule has 0 spiro atoms. The Balaban J connectivity index is 2.14. The predicted molar refractivity (Wildman–Crippen MR) is 79.7 cm³/mol. The minimum absolute atomic E-state index is 0.429. The Hall–Kier alpha value is -3.31. The van der Waals surface area contributed by atoms with Crippen molar-refractivity contribution in [1.82, 2.24) is 0 Å². The first kappa shape index (κ1) is 14.1. The fraction of sp³-hybridized carbons (Fsp3) is 0.0625. The average Bonchev–Trinajstić information content (AvgIpc) is 2.47. The molecule has 2 N–H and O–H groups in total. The van der Waals surface area contributed by atoms with Gasteiger partial charge in [0.2, 0.25) is 0 Å². The molecule has 0 saturated heterocycles. The average molecular weight is 276 g/mol. The molecule has 21 heavy (non-hydrogen) atoms. The lowest BCUT2D eigenvalue weighted by molar-refractivity contribution is 0.262. The van der Waals surface area contributed by atoms with Crippen LogP contribution in [0.1, 0.15) is 16.7 Å². The third kappa shape index (κ3) is 3.37. The van der Waals surface area contributed by atoms with Gasteiger partial charge >= 0.3 is 6.03 Å². The SMILES string of the molecule is Cc1cccc(NC(=O)Nc2cccc(C#N)c2)c1C#N. The van der Waals surface area contributed by atoms with Crippen LogP contribution < -0.4 is 10.6 Å². The number of nitrogens with zero attached hydrogens (tertiary/aromatic N) is 2. The molecule has 0 aliphatic rings. The van der Waals surface area contributed by atoms with Crippen molar-refractivity contribution in [1.29, 1.82) is 10.5 Å². The van der Waals surface area contributed by atoms with Crippen molar-refractivity contribution in [3.63, 3.8) is 0 Å². The number of carbonyl (C=O) groups is 1. The maximum Gasteiger partial charge on any atom is 0.323 e. The van der Waals surface area contributed by atoms with E-state index >= 15 is 0 Å². The maximum atomic E-state index is 11.9. The van der Waals surface area contributed by atoms with Gasteiger partial charge in [0.25, 0.3) is 0 Å². The van der Waals surface area contributed by atoms with Gasteiger partial charge in [0.1, 0.15) is 6.07 Å². The van der Waals surface area contributed by atoms with E-state index in [2.05, 4.69) is 16.7 Å². The number of amides is 2. The third-order valence-corrected chi connectivity index (χ3v) is 2.88. The molecule has 0 unspecified atom stereocenters. The van der Waals surface area contributed by atoms with Gasteiger partial charge in [0.15, 0.2) is 0 Å². The largest absolute Gasteiger partial charge is 0.323 e. The number of rotatable bonds is 2. The number of carbonyl (C=O) groups excluding carboxylic acids is 1. The summed E-state index contributed by atoms with van der Waals surface area (Å²) in [5.74, 6) is 0. The fourth-order valence-corrected chi connectivity index (χ4v) is 1.87. The first-order chi connectivity index (χ1) is 10.1. The summed E-state index contributed by atoms with van der Waals surface area (Å²) in [4.78, 5) is 11.9. The highest BCUT2D eigenvalue weighted by atomic mass is 16.2. The van der Waals surface area contributed by atoms with Crippen LogP contribution in [-0.4, -0.2) is 6.03 Å². The molecule has 0 atom stereocenters. The Kier molecular flexibility index (Phi) is 4.18. The van der Waals surface area contributed by atoms with E-state index in [4.69, 9.17) is 10.5 Å². The smallest absolute Gasteiger partial charge is 0.308 e. The van der Waals surface area contributed by atoms with Crippen molar-refractivity contribution in [2.45, 2.75) is 6.92 Å². The van der Waals surface area contributed by atoms with Gasteiger partial charge in [-0.05, 0) is 36.8 Å². The number of nitrogens with one attached hydrogen (secondary N) is 2. The third-order valence-electron chi connectivity index (χ3n) is 2.88. The van der Waals surface area contributed by atoms with E-state index in [1.807, 2.05) is 6.07 Å². The normalized spacial score (nSPS) is 9.29. The zero-order valence-corrected chi connectivity index (χ0v) is 11.3. The van der Waals surface area contributed by atoms with Crippen LogP contribution in [0.3, 0.4) is 0 Å². The molecule has 0 saturated carbocycles. The van der Waals surface area contributed by atoms with Crippen molar-refractivity contribution >= 4 is 17.4 Å². The lowest BCUT2D eigenvalue weighted by atomic mass is 10.1.